The summed E-state index contributed by atoms with van der Waals surface area (Å²) in [5.41, 5.74) is -1.60. The van der Waals surface area contributed by atoms with Crippen molar-refractivity contribution in [1.82, 2.24) is 0 Å². The van der Waals surface area contributed by atoms with E-state index in [2.05, 4.69) is 9.47 Å². The minimum Gasteiger partial charge on any atom is -0.497 e. The molecule has 0 aliphatic carbocycles. The smallest absolute Gasteiger partial charge is 0.422 e. The number of nitrogens with one attached hydrogen (secondary N) is 1. The van der Waals surface area contributed by atoms with Gasteiger partial charge in [-0.1, -0.05) is 0 Å². The van der Waals surface area contributed by atoms with Crippen LogP contribution in [0.2, 0.25) is 0 Å². The second kappa shape index (κ2) is 9.19. The number of esters is 1. The van der Waals surface area contributed by atoms with Gasteiger partial charge in [-0.3, -0.25) is 4.79 Å². The lowest BCUT2D eigenvalue weighted by atomic mass is 10.2. The molecule has 0 unspecified atom stereocenters. The maximum Gasteiger partial charge on any atom is 0.422 e. The summed E-state index contributed by atoms with van der Waals surface area (Å²) < 4.78 is 85.5. The third kappa shape index (κ3) is 8.05. The number of ether oxygens (including phenoxy) is 3. The molecule has 0 saturated carbocycles. The summed E-state index contributed by atoms with van der Waals surface area (Å²) in [4.78, 5) is 23.8. The number of amides is 1. The first-order valence-electron chi connectivity index (χ1n) is 7.14. The van der Waals surface area contributed by atoms with E-state index in [9.17, 15) is 41.0 Å². The molecule has 1 aromatic rings. The quantitative estimate of drug-likeness (QED) is 0.177. The summed E-state index contributed by atoms with van der Waals surface area (Å²) in [5.74, 6) is -5.08. The number of anilines is 1. The topological polar surface area (TPSA) is 94.1 Å². The first-order chi connectivity index (χ1) is 12.8. The Hall–Kier alpha value is -3.12. The van der Waals surface area contributed by atoms with Crippen LogP contribution in [0.3, 0.4) is 0 Å². The average molecular weight is 417 g/mol. The molecule has 0 aromatic heterocycles. The van der Waals surface area contributed by atoms with Crippen LogP contribution in [0, 0.1) is 0 Å². The van der Waals surface area contributed by atoms with Crippen molar-refractivity contribution in [3.63, 3.8) is 0 Å². The Morgan fingerprint density at radius 3 is 1.93 bits per heavy atom. The number of rotatable bonds is 7. The van der Waals surface area contributed by atoms with E-state index in [1.165, 1.54) is 31.4 Å². The fourth-order valence-corrected chi connectivity index (χ4v) is 1.59. The van der Waals surface area contributed by atoms with Crippen molar-refractivity contribution < 1.29 is 55.2 Å². The van der Waals surface area contributed by atoms with Crippen LogP contribution in [0.4, 0.5) is 32.0 Å². The number of halogens is 6. The summed E-state index contributed by atoms with van der Waals surface area (Å²) >= 11 is 0. The standard InChI is InChI=1S/C15H13F6NO6/c1-26-9-4-2-8(3-5-9)22-11(23)10(12(24)27-6-14(16,17)18)13(25)28-7-15(19,20)21/h2-5,24H,6-7H2,1H3,(H,22,23)/b12-10+. The van der Waals surface area contributed by atoms with Gasteiger partial charge in [-0.25, -0.2) is 4.79 Å². The van der Waals surface area contributed by atoms with E-state index < -0.39 is 49.0 Å². The molecule has 2 N–H and O–H groups in total. The molecule has 1 amide bonds. The molecule has 0 spiro atoms. The molecule has 1 aromatic carbocycles. The van der Waals surface area contributed by atoms with Crippen molar-refractivity contribution >= 4 is 17.6 Å². The minimum absolute atomic E-state index is 0.0180. The number of benzene rings is 1. The highest BCUT2D eigenvalue weighted by atomic mass is 19.4. The summed E-state index contributed by atoms with van der Waals surface area (Å²) in [7, 11) is 1.35. The Morgan fingerprint density at radius 2 is 1.46 bits per heavy atom. The van der Waals surface area contributed by atoms with Gasteiger partial charge in [0, 0.05) is 5.69 Å². The van der Waals surface area contributed by atoms with E-state index in [0.29, 0.717) is 5.75 Å². The zero-order valence-corrected chi connectivity index (χ0v) is 14.0. The monoisotopic (exact) mass is 417 g/mol. The number of methoxy groups -OCH3 is 1. The number of hydrogen-bond donors (Lipinski definition) is 2. The third-order valence-corrected chi connectivity index (χ3v) is 2.73. The Morgan fingerprint density at radius 1 is 0.964 bits per heavy atom. The highest BCUT2D eigenvalue weighted by Crippen LogP contribution is 2.21. The molecule has 0 heterocycles. The van der Waals surface area contributed by atoms with Crippen LogP contribution in [0.1, 0.15) is 0 Å². The van der Waals surface area contributed by atoms with Gasteiger partial charge in [0.2, 0.25) is 5.57 Å². The summed E-state index contributed by atoms with van der Waals surface area (Å²) in [6.07, 6.45) is -9.93. The van der Waals surface area contributed by atoms with Gasteiger partial charge in [0.15, 0.2) is 13.2 Å². The van der Waals surface area contributed by atoms with Crippen molar-refractivity contribution in [3.8, 4) is 5.75 Å². The number of carbonyl (C=O) groups is 2. The first kappa shape index (κ1) is 22.9. The predicted octanol–water partition coefficient (Wildman–Crippen LogP) is 3.09. The molecule has 1 rings (SSSR count). The van der Waals surface area contributed by atoms with Gasteiger partial charge in [-0.15, -0.1) is 0 Å². The fourth-order valence-electron chi connectivity index (χ4n) is 1.59. The molecule has 0 saturated heterocycles. The van der Waals surface area contributed by atoms with Crippen LogP contribution < -0.4 is 10.1 Å². The molecule has 156 valence electrons. The molecule has 28 heavy (non-hydrogen) atoms. The van der Waals surface area contributed by atoms with Crippen LogP contribution in [0.15, 0.2) is 35.8 Å². The molecule has 0 aliphatic heterocycles. The van der Waals surface area contributed by atoms with Gasteiger partial charge < -0.3 is 24.6 Å². The highest BCUT2D eigenvalue weighted by Gasteiger charge is 2.35. The van der Waals surface area contributed by atoms with E-state index in [0.717, 1.165) is 0 Å². The maximum atomic E-state index is 12.2. The van der Waals surface area contributed by atoms with Gasteiger partial charge in [0.1, 0.15) is 5.75 Å². The van der Waals surface area contributed by atoms with Crippen molar-refractivity contribution in [1.29, 1.82) is 0 Å². The second-order valence-electron chi connectivity index (χ2n) is 4.96. The molecule has 7 nitrogen and oxygen atoms in total. The van der Waals surface area contributed by atoms with Crippen molar-refractivity contribution in [2.24, 2.45) is 0 Å². The summed E-state index contributed by atoms with van der Waals surface area (Å²) in [5, 5.41) is 11.5. The zero-order chi connectivity index (χ0) is 21.5. The molecule has 13 heteroatoms. The number of aliphatic hydroxyl groups is 1. The van der Waals surface area contributed by atoms with Gasteiger partial charge in [0.05, 0.1) is 7.11 Å². The lowest BCUT2D eigenvalue weighted by Gasteiger charge is -2.14. The number of hydrogen-bond acceptors (Lipinski definition) is 6. The number of aliphatic hydroxyl groups excluding tert-OH is 1. The zero-order valence-electron chi connectivity index (χ0n) is 14.0. The van der Waals surface area contributed by atoms with E-state index >= 15 is 0 Å². The summed E-state index contributed by atoms with van der Waals surface area (Å²) in [6, 6.07) is 5.23. The van der Waals surface area contributed by atoms with Crippen molar-refractivity contribution in [2.75, 3.05) is 25.6 Å². The van der Waals surface area contributed by atoms with Crippen LogP contribution in [0.5, 0.6) is 5.75 Å². The fraction of sp³-hybridized carbons (Fsp3) is 0.333. The lowest BCUT2D eigenvalue weighted by molar-refractivity contribution is -0.185. The molecule has 0 atom stereocenters. The second-order valence-corrected chi connectivity index (χ2v) is 4.96. The van der Waals surface area contributed by atoms with Crippen LogP contribution in [-0.4, -0.2) is 49.7 Å². The van der Waals surface area contributed by atoms with Gasteiger partial charge in [-0.05, 0) is 24.3 Å². The first-order valence-corrected chi connectivity index (χ1v) is 7.14. The molecular weight excluding hydrogens is 404 g/mol. The SMILES string of the molecule is COc1ccc(NC(=O)/C(C(=O)OCC(F)(F)F)=C(/O)OCC(F)(F)F)cc1. The normalized spacial score (nSPS) is 12.7. The summed E-state index contributed by atoms with van der Waals surface area (Å²) in [6.45, 7) is -4.25. The Labute approximate surface area is 153 Å². The highest BCUT2D eigenvalue weighted by molar-refractivity contribution is 6.21. The third-order valence-electron chi connectivity index (χ3n) is 2.73. The molecule has 0 bridgehead atoms. The Bertz CT molecular complexity index is 726. The van der Waals surface area contributed by atoms with Crippen LogP contribution in [-0.2, 0) is 19.1 Å². The van der Waals surface area contributed by atoms with Crippen LogP contribution in [0.25, 0.3) is 0 Å². The van der Waals surface area contributed by atoms with Crippen LogP contribution >= 0.6 is 0 Å². The Kier molecular flexibility index (Phi) is 7.52. The van der Waals surface area contributed by atoms with E-state index in [1.54, 1.807) is 0 Å². The van der Waals surface area contributed by atoms with Gasteiger partial charge >= 0.3 is 18.3 Å². The van der Waals surface area contributed by atoms with Gasteiger partial charge in [0.25, 0.3) is 11.9 Å². The predicted molar refractivity (Wildman–Crippen MR) is 80.3 cm³/mol. The van der Waals surface area contributed by atoms with E-state index in [-0.39, 0.29) is 5.69 Å². The minimum atomic E-state index is -4.98. The molecule has 0 aliphatic rings. The molecule has 0 fully saturated rings. The average Bonchev–Trinajstić information content (AvgIpc) is 2.58. The lowest BCUT2D eigenvalue weighted by Crippen LogP contribution is -2.29. The van der Waals surface area contributed by atoms with Crippen molar-refractivity contribution in [2.45, 2.75) is 12.4 Å². The largest absolute Gasteiger partial charge is 0.497 e. The van der Waals surface area contributed by atoms with Gasteiger partial charge in [-0.2, -0.15) is 26.3 Å². The Balaban J connectivity index is 3.05. The van der Waals surface area contributed by atoms with E-state index in [4.69, 9.17) is 4.74 Å². The molecular formula is C15H13F6NO6. The maximum absolute atomic E-state index is 12.2. The molecule has 0 radical (unpaired) electrons. The van der Waals surface area contributed by atoms with Crippen molar-refractivity contribution in [3.05, 3.63) is 35.8 Å². The number of carbonyl (C=O) groups excluding carboxylic acids is 2. The van der Waals surface area contributed by atoms with E-state index in [1.807, 2.05) is 5.32 Å². The number of alkyl halides is 6.